The van der Waals surface area contributed by atoms with Crippen molar-refractivity contribution in [1.82, 2.24) is 9.29 Å². The summed E-state index contributed by atoms with van der Waals surface area (Å²) >= 11 is 0. The summed E-state index contributed by atoms with van der Waals surface area (Å²) in [4.78, 5) is 16.8. The maximum Gasteiger partial charge on any atom is 0.255 e. The summed E-state index contributed by atoms with van der Waals surface area (Å²) in [6, 6.07) is 9.38. The number of methoxy groups -OCH3 is 1. The van der Waals surface area contributed by atoms with Gasteiger partial charge in [-0.2, -0.15) is 4.31 Å². The molecule has 1 aliphatic rings. The van der Waals surface area contributed by atoms with E-state index in [-0.39, 0.29) is 16.8 Å². The van der Waals surface area contributed by atoms with Gasteiger partial charge in [0.15, 0.2) is 0 Å². The van der Waals surface area contributed by atoms with Crippen molar-refractivity contribution >= 4 is 21.6 Å². The third-order valence-corrected chi connectivity index (χ3v) is 7.34. The number of benzene rings is 1. The van der Waals surface area contributed by atoms with E-state index in [4.69, 9.17) is 9.47 Å². The minimum absolute atomic E-state index is 0.0377. The highest BCUT2D eigenvalue weighted by atomic mass is 32.2. The third kappa shape index (κ3) is 6.03. The maximum atomic E-state index is 12.9. The fourth-order valence-electron chi connectivity index (χ4n) is 3.56. The van der Waals surface area contributed by atoms with Crippen LogP contribution in [0.2, 0.25) is 0 Å². The summed E-state index contributed by atoms with van der Waals surface area (Å²) in [7, 11) is -0.355. The Bertz CT molecular complexity index is 956. The smallest absolute Gasteiger partial charge is 0.255 e. The third-order valence-electron chi connectivity index (χ3n) is 5.41. The van der Waals surface area contributed by atoms with Gasteiger partial charge in [-0.3, -0.25) is 4.79 Å². The molecule has 0 bridgehead atoms. The van der Waals surface area contributed by atoms with E-state index in [1.54, 1.807) is 26.3 Å². The van der Waals surface area contributed by atoms with Gasteiger partial charge in [0.1, 0.15) is 6.61 Å². The van der Waals surface area contributed by atoms with Gasteiger partial charge in [0.05, 0.1) is 23.4 Å². The molecule has 2 aromatic rings. The highest BCUT2D eigenvalue weighted by Crippen LogP contribution is 2.26. The monoisotopic (exact) mass is 447 g/mol. The molecule has 0 atom stereocenters. The molecule has 0 aliphatic heterocycles. The van der Waals surface area contributed by atoms with E-state index in [0.717, 1.165) is 32.1 Å². The van der Waals surface area contributed by atoms with Gasteiger partial charge in [-0.05, 0) is 43.2 Å². The molecule has 8 nitrogen and oxygen atoms in total. The molecule has 1 amide bonds. The zero-order chi connectivity index (χ0) is 22.3. The van der Waals surface area contributed by atoms with Crippen LogP contribution >= 0.6 is 0 Å². The summed E-state index contributed by atoms with van der Waals surface area (Å²) < 4.78 is 37.6. The number of ether oxygens (including phenoxy) is 2. The highest BCUT2D eigenvalue weighted by molar-refractivity contribution is 7.89. The average Bonchev–Trinajstić information content (AvgIpc) is 2.80. The van der Waals surface area contributed by atoms with E-state index in [2.05, 4.69) is 10.3 Å². The molecule has 168 valence electrons. The van der Waals surface area contributed by atoms with E-state index >= 15 is 0 Å². The molecule has 9 heteroatoms. The molecule has 1 saturated carbocycles. The van der Waals surface area contributed by atoms with E-state index in [9.17, 15) is 13.2 Å². The van der Waals surface area contributed by atoms with Crippen molar-refractivity contribution in [2.75, 3.05) is 32.7 Å². The van der Waals surface area contributed by atoms with Crippen molar-refractivity contribution in [3.8, 4) is 5.88 Å². The van der Waals surface area contributed by atoms with Crippen LogP contribution in [0.3, 0.4) is 0 Å². The normalized spacial score (nSPS) is 15.1. The van der Waals surface area contributed by atoms with E-state index in [1.807, 2.05) is 0 Å². The van der Waals surface area contributed by atoms with Crippen molar-refractivity contribution in [2.45, 2.75) is 43.0 Å². The molecule has 1 heterocycles. The van der Waals surface area contributed by atoms with Crippen LogP contribution in [0.1, 0.15) is 42.5 Å². The fourth-order valence-corrected chi connectivity index (χ4v) is 4.97. The van der Waals surface area contributed by atoms with Gasteiger partial charge in [0.2, 0.25) is 15.9 Å². The van der Waals surface area contributed by atoms with Crippen LogP contribution in [0.25, 0.3) is 0 Å². The minimum Gasteiger partial charge on any atom is -0.475 e. The SMILES string of the molecule is COCCOc1ccc(NC(=O)c2ccc(S(=O)(=O)N(C)C3CCCCC3)cc2)cn1. The predicted molar refractivity (Wildman–Crippen MR) is 118 cm³/mol. The number of carbonyl (C=O) groups is 1. The number of nitrogens with one attached hydrogen (secondary N) is 1. The van der Waals surface area contributed by atoms with Gasteiger partial charge in [-0.25, -0.2) is 13.4 Å². The standard InChI is InChI=1S/C22H29N3O5S/c1-25(19-6-4-3-5-7-19)31(27,28)20-11-8-17(9-12-20)22(26)24-18-10-13-21(23-16-18)30-15-14-29-2/h8-13,16,19H,3-7,14-15H2,1-2H3,(H,24,26). The van der Waals surface area contributed by atoms with Gasteiger partial charge in [0.25, 0.3) is 5.91 Å². The van der Waals surface area contributed by atoms with Gasteiger partial charge in [0, 0.05) is 31.8 Å². The number of pyridine rings is 1. The Labute approximate surface area is 183 Å². The summed E-state index contributed by atoms with van der Waals surface area (Å²) in [5.74, 6) is 0.0890. The fraction of sp³-hybridized carbons (Fsp3) is 0.455. The first-order valence-corrected chi connectivity index (χ1v) is 11.8. The number of carbonyl (C=O) groups excluding carboxylic acids is 1. The molecule has 1 aromatic carbocycles. The van der Waals surface area contributed by atoms with E-state index in [1.165, 1.54) is 34.8 Å². The summed E-state index contributed by atoms with van der Waals surface area (Å²) in [5, 5.41) is 2.74. The maximum absolute atomic E-state index is 12.9. The molecule has 0 spiro atoms. The largest absolute Gasteiger partial charge is 0.475 e. The second-order valence-corrected chi connectivity index (χ2v) is 9.52. The minimum atomic E-state index is -3.59. The van der Waals surface area contributed by atoms with Gasteiger partial charge in [-0.15, -0.1) is 0 Å². The first-order valence-electron chi connectivity index (χ1n) is 10.4. The second-order valence-electron chi connectivity index (χ2n) is 7.52. The number of sulfonamides is 1. The zero-order valence-electron chi connectivity index (χ0n) is 17.9. The molecular weight excluding hydrogens is 418 g/mol. The van der Waals surface area contributed by atoms with Crippen molar-refractivity contribution in [3.63, 3.8) is 0 Å². The van der Waals surface area contributed by atoms with Gasteiger partial charge >= 0.3 is 0 Å². The zero-order valence-corrected chi connectivity index (χ0v) is 18.7. The van der Waals surface area contributed by atoms with Crippen LogP contribution in [-0.4, -0.2) is 57.0 Å². The average molecular weight is 448 g/mol. The topological polar surface area (TPSA) is 97.8 Å². The quantitative estimate of drug-likeness (QED) is 0.592. The Balaban J connectivity index is 1.62. The van der Waals surface area contributed by atoms with Crippen molar-refractivity contribution in [2.24, 2.45) is 0 Å². The van der Waals surface area contributed by atoms with Crippen molar-refractivity contribution in [1.29, 1.82) is 0 Å². The Morgan fingerprint density at radius 3 is 2.42 bits per heavy atom. The molecule has 1 fully saturated rings. The highest BCUT2D eigenvalue weighted by Gasteiger charge is 2.29. The van der Waals surface area contributed by atoms with Gasteiger partial charge in [-0.1, -0.05) is 19.3 Å². The van der Waals surface area contributed by atoms with Crippen molar-refractivity contribution in [3.05, 3.63) is 48.2 Å². The lowest BCUT2D eigenvalue weighted by atomic mass is 9.96. The summed E-state index contributed by atoms with van der Waals surface area (Å²) in [6.07, 6.45) is 6.55. The van der Waals surface area contributed by atoms with Crippen LogP contribution in [-0.2, 0) is 14.8 Å². The Morgan fingerprint density at radius 1 is 1.10 bits per heavy atom. The summed E-state index contributed by atoms with van der Waals surface area (Å²) in [5.41, 5.74) is 0.873. The van der Waals surface area contributed by atoms with E-state index in [0.29, 0.717) is 30.3 Å². The number of hydrogen-bond donors (Lipinski definition) is 1. The van der Waals surface area contributed by atoms with Crippen LogP contribution in [0.4, 0.5) is 5.69 Å². The Kier molecular flexibility index (Phi) is 8.00. The molecule has 31 heavy (non-hydrogen) atoms. The van der Waals surface area contributed by atoms with Crippen molar-refractivity contribution < 1.29 is 22.7 Å². The number of anilines is 1. The van der Waals surface area contributed by atoms with Gasteiger partial charge < -0.3 is 14.8 Å². The molecule has 1 N–H and O–H groups in total. The first-order chi connectivity index (χ1) is 14.9. The Morgan fingerprint density at radius 2 is 1.81 bits per heavy atom. The summed E-state index contributed by atoms with van der Waals surface area (Å²) in [6.45, 7) is 0.850. The molecule has 0 unspecified atom stereocenters. The lowest BCUT2D eigenvalue weighted by molar-refractivity contribution is 0.102. The lowest BCUT2D eigenvalue weighted by Crippen LogP contribution is -2.38. The molecule has 1 aromatic heterocycles. The van der Waals surface area contributed by atoms with Crippen LogP contribution in [0, 0.1) is 0 Å². The Hall–Kier alpha value is -2.49. The van der Waals surface area contributed by atoms with Crippen LogP contribution < -0.4 is 10.1 Å². The number of aromatic nitrogens is 1. The molecule has 0 radical (unpaired) electrons. The number of rotatable bonds is 9. The molecular formula is C22H29N3O5S. The number of amides is 1. The number of hydrogen-bond acceptors (Lipinski definition) is 6. The van der Waals surface area contributed by atoms with E-state index < -0.39 is 10.0 Å². The first kappa shape index (κ1) is 23.2. The number of nitrogens with zero attached hydrogens (tertiary/aromatic N) is 2. The molecule has 3 rings (SSSR count). The molecule has 1 aliphatic carbocycles. The van der Waals surface area contributed by atoms with Crippen LogP contribution in [0.15, 0.2) is 47.5 Å². The molecule has 0 saturated heterocycles. The lowest BCUT2D eigenvalue weighted by Gasteiger charge is -2.30. The predicted octanol–water partition coefficient (Wildman–Crippen LogP) is 3.31. The second kappa shape index (κ2) is 10.7. The van der Waals surface area contributed by atoms with Crippen LogP contribution in [0.5, 0.6) is 5.88 Å².